The van der Waals surface area contributed by atoms with Crippen LogP contribution in [0.25, 0.3) is 0 Å². The number of aryl methyl sites for hydroxylation is 2. The molecule has 1 aliphatic rings. The predicted molar refractivity (Wildman–Crippen MR) is 77.2 cm³/mol. The van der Waals surface area contributed by atoms with Crippen molar-refractivity contribution in [3.63, 3.8) is 0 Å². The summed E-state index contributed by atoms with van der Waals surface area (Å²) in [5, 5.41) is 8.67. The first-order valence-corrected chi connectivity index (χ1v) is 7.42. The second-order valence-electron chi connectivity index (χ2n) is 5.33. The van der Waals surface area contributed by atoms with Gasteiger partial charge in [-0.1, -0.05) is 13.8 Å². The Morgan fingerprint density at radius 1 is 1.21 bits per heavy atom. The summed E-state index contributed by atoms with van der Waals surface area (Å²) in [4.78, 5) is 6.96. The Morgan fingerprint density at radius 2 is 1.95 bits per heavy atom. The van der Waals surface area contributed by atoms with Crippen molar-refractivity contribution in [1.29, 1.82) is 0 Å². The second kappa shape index (κ2) is 6.28. The van der Waals surface area contributed by atoms with E-state index in [1.807, 2.05) is 0 Å². The van der Waals surface area contributed by atoms with Crippen LogP contribution in [-0.2, 0) is 12.8 Å². The first kappa shape index (κ1) is 14.2. The van der Waals surface area contributed by atoms with Crippen molar-refractivity contribution in [3.05, 3.63) is 11.4 Å². The van der Waals surface area contributed by atoms with Gasteiger partial charge in [-0.2, -0.15) is 5.10 Å². The van der Waals surface area contributed by atoms with E-state index in [1.165, 1.54) is 12.8 Å². The summed E-state index contributed by atoms with van der Waals surface area (Å²) in [6, 6.07) is 0.479. The Hall–Kier alpha value is -1.23. The zero-order chi connectivity index (χ0) is 13.8. The van der Waals surface area contributed by atoms with E-state index >= 15 is 0 Å². The topological polar surface area (TPSA) is 67.9 Å². The van der Waals surface area contributed by atoms with Gasteiger partial charge in [-0.25, -0.2) is 4.98 Å². The fourth-order valence-electron chi connectivity index (χ4n) is 2.80. The first-order chi connectivity index (χ1) is 9.17. The lowest BCUT2D eigenvalue weighted by molar-refractivity contribution is 0.406. The molecule has 1 fully saturated rings. The van der Waals surface area contributed by atoms with Gasteiger partial charge in [-0.3, -0.25) is 0 Å². The smallest absolute Gasteiger partial charge is 0.245 e. The Balaban J connectivity index is 2.28. The third-order valence-corrected chi connectivity index (χ3v) is 3.91. The number of anilines is 1. The van der Waals surface area contributed by atoms with Crippen LogP contribution in [0.4, 0.5) is 5.95 Å². The number of hydrogen-bond acceptors (Lipinski definition) is 5. The zero-order valence-corrected chi connectivity index (χ0v) is 12.3. The standard InChI is InChI=1S/C14H25N5/c1-4-11-12(5-2)17-18-14(16-11)19-9-7-6-8-13(19)10(3)15/h10,13H,4-9,15H2,1-3H3. The molecular formula is C14H25N5. The summed E-state index contributed by atoms with van der Waals surface area (Å²) in [7, 11) is 0. The number of rotatable bonds is 4. The quantitative estimate of drug-likeness (QED) is 0.895. The van der Waals surface area contributed by atoms with E-state index in [0.717, 1.165) is 43.1 Å². The molecule has 0 bridgehead atoms. The highest BCUT2D eigenvalue weighted by atomic mass is 15.3. The minimum Gasteiger partial charge on any atom is -0.335 e. The molecule has 1 aromatic rings. The number of piperidine rings is 1. The van der Waals surface area contributed by atoms with Crippen molar-refractivity contribution in [1.82, 2.24) is 15.2 Å². The number of nitrogens with two attached hydrogens (primary N) is 1. The van der Waals surface area contributed by atoms with Crippen LogP contribution < -0.4 is 10.6 Å². The van der Waals surface area contributed by atoms with Gasteiger partial charge in [0.2, 0.25) is 5.95 Å². The van der Waals surface area contributed by atoms with Gasteiger partial charge in [0, 0.05) is 18.6 Å². The van der Waals surface area contributed by atoms with Crippen LogP contribution in [0, 0.1) is 0 Å². The maximum absolute atomic E-state index is 6.10. The van der Waals surface area contributed by atoms with Gasteiger partial charge in [0.25, 0.3) is 0 Å². The molecule has 5 heteroatoms. The van der Waals surface area contributed by atoms with Gasteiger partial charge in [0.05, 0.1) is 11.4 Å². The lowest BCUT2D eigenvalue weighted by Crippen LogP contribution is -2.50. The molecule has 1 saturated heterocycles. The molecule has 106 valence electrons. The van der Waals surface area contributed by atoms with E-state index in [1.54, 1.807) is 0 Å². The van der Waals surface area contributed by atoms with Crippen LogP contribution in [0.15, 0.2) is 0 Å². The van der Waals surface area contributed by atoms with E-state index in [9.17, 15) is 0 Å². The summed E-state index contributed by atoms with van der Waals surface area (Å²) in [5.74, 6) is 0.760. The molecule has 2 unspecified atom stereocenters. The van der Waals surface area contributed by atoms with Gasteiger partial charge in [-0.05, 0) is 39.0 Å². The fourth-order valence-corrected chi connectivity index (χ4v) is 2.80. The molecular weight excluding hydrogens is 238 g/mol. The normalized spacial score (nSPS) is 21.5. The Kier molecular flexibility index (Phi) is 4.69. The van der Waals surface area contributed by atoms with E-state index < -0.39 is 0 Å². The van der Waals surface area contributed by atoms with Gasteiger partial charge < -0.3 is 10.6 Å². The second-order valence-corrected chi connectivity index (χ2v) is 5.33. The van der Waals surface area contributed by atoms with E-state index in [2.05, 4.69) is 35.9 Å². The zero-order valence-electron chi connectivity index (χ0n) is 12.3. The van der Waals surface area contributed by atoms with Crippen molar-refractivity contribution < 1.29 is 0 Å². The lowest BCUT2D eigenvalue weighted by atomic mass is 9.97. The number of nitrogens with zero attached hydrogens (tertiary/aromatic N) is 4. The minimum atomic E-state index is 0.139. The lowest BCUT2D eigenvalue weighted by Gasteiger charge is -2.37. The summed E-state index contributed by atoms with van der Waals surface area (Å²) in [5.41, 5.74) is 8.19. The molecule has 2 N–H and O–H groups in total. The molecule has 5 nitrogen and oxygen atoms in total. The van der Waals surface area contributed by atoms with Crippen LogP contribution in [0.5, 0.6) is 0 Å². The molecule has 2 rings (SSSR count). The molecule has 0 spiro atoms. The molecule has 0 aromatic carbocycles. The van der Waals surface area contributed by atoms with E-state index in [4.69, 9.17) is 10.7 Å². The summed E-state index contributed by atoms with van der Waals surface area (Å²) in [6.45, 7) is 7.27. The van der Waals surface area contributed by atoms with Gasteiger partial charge in [0.15, 0.2) is 0 Å². The van der Waals surface area contributed by atoms with Gasteiger partial charge >= 0.3 is 0 Å². The number of hydrogen-bond donors (Lipinski definition) is 1. The average Bonchev–Trinajstić information content (AvgIpc) is 2.46. The summed E-state index contributed by atoms with van der Waals surface area (Å²) in [6.07, 6.45) is 5.34. The Labute approximate surface area is 115 Å². The van der Waals surface area contributed by atoms with Gasteiger partial charge in [0.1, 0.15) is 0 Å². The molecule has 1 aromatic heterocycles. The van der Waals surface area contributed by atoms with Crippen molar-refractivity contribution in [3.8, 4) is 0 Å². The maximum atomic E-state index is 6.10. The van der Waals surface area contributed by atoms with Crippen LogP contribution in [0.1, 0.15) is 51.4 Å². The molecule has 0 saturated carbocycles. The molecule has 19 heavy (non-hydrogen) atoms. The minimum absolute atomic E-state index is 0.139. The van der Waals surface area contributed by atoms with Crippen LogP contribution in [-0.4, -0.2) is 33.8 Å². The Bertz CT molecular complexity index is 418. The third kappa shape index (κ3) is 3.03. The van der Waals surface area contributed by atoms with Crippen LogP contribution in [0.2, 0.25) is 0 Å². The Morgan fingerprint density at radius 3 is 2.58 bits per heavy atom. The first-order valence-electron chi connectivity index (χ1n) is 7.42. The van der Waals surface area contributed by atoms with Crippen LogP contribution >= 0.6 is 0 Å². The van der Waals surface area contributed by atoms with E-state index in [0.29, 0.717) is 6.04 Å². The summed E-state index contributed by atoms with van der Waals surface area (Å²) < 4.78 is 0. The molecule has 2 heterocycles. The highest BCUT2D eigenvalue weighted by Gasteiger charge is 2.28. The highest BCUT2D eigenvalue weighted by molar-refractivity contribution is 5.33. The largest absolute Gasteiger partial charge is 0.335 e. The van der Waals surface area contributed by atoms with E-state index in [-0.39, 0.29) is 6.04 Å². The highest BCUT2D eigenvalue weighted by Crippen LogP contribution is 2.23. The number of aromatic nitrogens is 3. The molecule has 2 atom stereocenters. The van der Waals surface area contributed by atoms with Crippen LogP contribution in [0.3, 0.4) is 0 Å². The fraction of sp³-hybridized carbons (Fsp3) is 0.786. The molecule has 0 amide bonds. The van der Waals surface area contributed by atoms with Crippen molar-refractivity contribution in [2.45, 2.75) is 65.0 Å². The average molecular weight is 263 g/mol. The monoisotopic (exact) mass is 263 g/mol. The van der Waals surface area contributed by atoms with Gasteiger partial charge in [-0.15, -0.1) is 5.10 Å². The van der Waals surface area contributed by atoms with Crippen molar-refractivity contribution in [2.24, 2.45) is 5.73 Å². The summed E-state index contributed by atoms with van der Waals surface area (Å²) >= 11 is 0. The predicted octanol–water partition coefficient (Wildman–Crippen LogP) is 1.70. The van der Waals surface area contributed by atoms with Crippen molar-refractivity contribution in [2.75, 3.05) is 11.4 Å². The molecule has 0 aliphatic carbocycles. The SMILES string of the molecule is CCc1nnc(N2CCCCC2C(C)N)nc1CC. The molecule has 1 aliphatic heterocycles. The maximum Gasteiger partial charge on any atom is 0.245 e. The third-order valence-electron chi connectivity index (χ3n) is 3.91. The van der Waals surface area contributed by atoms with Crippen molar-refractivity contribution >= 4 is 5.95 Å². The molecule has 0 radical (unpaired) electrons.